The second-order valence-corrected chi connectivity index (χ2v) is 32.3. The Hall–Kier alpha value is -1.94. The Labute approximate surface area is 588 Å². The quantitative estimate of drug-likeness (QED) is 0.0222. The largest absolute Gasteiger partial charge is 0.472 e. The van der Waals surface area contributed by atoms with Gasteiger partial charge in [0.1, 0.15) is 19.3 Å². The summed E-state index contributed by atoms with van der Waals surface area (Å²) in [5.41, 5.74) is 0. The van der Waals surface area contributed by atoms with Crippen molar-refractivity contribution in [2.75, 3.05) is 39.6 Å². The normalized spacial score (nSPS) is 14.4. The van der Waals surface area contributed by atoms with E-state index in [1.54, 1.807) is 0 Å². The Bertz CT molecular complexity index is 1890. The summed E-state index contributed by atoms with van der Waals surface area (Å²) in [5.74, 6) is 0.917. The van der Waals surface area contributed by atoms with Gasteiger partial charge in [0.15, 0.2) is 12.2 Å². The second-order valence-electron chi connectivity index (χ2n) is 29.4. The fraction of sp³-hybridized carbons (Fsp3) is 0.948. The van der Waals surface area contributed by atoms with Crippen molar-refractivity contribution in [2.45, 2.75) is 408 Å². The fourth-order valence-electron chi connectivity index (χ4n) is 11.7. The highest BCUT2D eigenvalue weighted by atomic mass is 31.2. The molecule has 0 aromatic heterocycles. The van der Waals surface area contributed by atoms with Crippen LogP contribution in [0.4, 0.5) is 0 Å². The van der Waals surface area contributed by atoms with E-state index < -0.39 is 97.5 Å². The van der Waals surface area contributed by atoms with E-state index in [-0.39, 0.29) is 25.7 Å². The second kappa shape index (κ2) is 66.3. The first-order valence-corrected chi connectivity index (χ1v) is 42.7. The van der Waals surface area contributed by atoms with Crippen LogP contribution in [-0.2, 0) is 65.4 Å². The van der Waals surface area contributed by atoms with E-state index in [0.717, 1.165) is 115 Å². The molecule has 17 nitrogen and oxygen atoms in total. The van der Waals surface area contributed by atoms with Crippen molar-refractivity contribution in [3.8, 4) is 0 Å². The molecule has 0 fully saturated rings. The minimum absolute atomic E-state index is 0.106. The molecule has 0 rings (SSSR count). The summed E-state index contributed by atoms with van der Waals surface area (Å²) in [4.78, 5) is 72.8. The zero-order valence-corrected chi connectivity index (χ0v) is 64.8. The van der Waals surface area contributed by atoms with E-state index in [2.05, 4.69) is 55.4 Å². The summed E-state index contributed by atoms with van der Waals surface area (Å²) in [7, 11) is -9.91. The maximum absolute atomic E-state index is 13.1. The Balaban J connectivity index is 5.18. The molecule has 0 aliphatic rings. The predicted molar refractivity (Wildman–Crippen MR) is 391 cm³/mol. The fourth-order valence-corrected chi connectivity index (χ4v) is 13.3. The van der Waals surface area contributed by atoms with Crippen LogP contribution in [-0.4, -0.2) is 96.7 Å². The maximum atomic E-state index is 13.1. The molecule has 3 N–H and O–H groups in total. The number of hydrogen-bond donors (Lipinski definition) is 3. The lowest BCUT2D eigenvalue weighted by atomic mass is 9.99. The first-order valence-electron chi connectivity index (χ1n) is 39.7. The van der Waals surface area contributed by atoms with Gasteiger partial charge in [-0.05, 0) is 49.4 Å². The molecular weight excluding hydrogens is 1260 g/mol. The predicted octanol–water partition coefficient (Wildman–Crippen LogP) is 22.4. The first-order chi connectivity index (χ1) is 46.1. The number of esters is 4. The van der Waals surface area contributed by atoms with Crippen LogP contribution in [0.2, 0.25) is 0 Å². The third-order valence-corrected chi connectivity index (χ3v) is 20.1. The van der Waals surface area contributed by atoms with Gasteiger partial charge < -0.3 is 33.8 Å². The van der Waals surface area contributed by atoms with E-state index in [4.69, 9.17) is 37.0 Å². The van der Waals surface area contributed by atoms with Gasteiger partial charge in [0.2, 0.25) is 0 Å². The van der Waals surface area contributed by atoms with E-state index in [1.165, 1.54) is 180 Å². The molecule has 0 saturated heterocycles. The maximum Gasteiger partial charge on any atom is 0.472 e. The zero-order valence-electron chi connectivity index (χ0n) is 63.0. The van der Waals surface area contributed by atoms with Crippen molar-refractivity contribution in [3.63, 3.8) is 0 Å². The van der Waals surface area contributed by atoms with Gasteiger partial charge in [0, 0.05) is 25.7 Å². The number of phosphoric acid groups is 2. The number of hydrogen-bond acceptors (Lipinski definition) is 15. The monoisotopic (exact) mass is 1410 g/mol. The lowest BCUT2D eigenvalue weighted by Crippen LogP contribution is -2.30. The molecule has 0 aliphatic heterocycles. The van der Waals surface area contributed by atoms with E-state index in [9.17, 15) is 43.2 Å². The highest BCUT2D eigenvalue weighted by molar-refractivity contribution is 7.47. The highest BCUT2D eigenvalue weighted by Crippen LogP contribution is 2.45. The third-order valence-electron chi connectivity index (χ3n) is 18.2. The number of rotatable bonds is 74. The summed E-state index contributed by atoms with van der Waals surface area (Å²) in [5, 5.41) is 10.6. The standard InChI is InChI=1S/C77H150O17P2/c1-9-70(8)56-48-40-31-25-21-17-14-15-19-23-27-33-44-52-59-76(81)93-72(63-87-74(79)57-49-41-34-28-30-38-46-54-68(4)5)65-91-95(83,84)89-61-71(78)62-90-96(85,86)92-66-73(64-88-75(80)58-50-42-36-35-39-47-55-69(6)7)94-77(82)60-51-43-32-26-22-18-13-11-10-12-16-20-24-29-37-45-53-67(2)3/h67-73,78H,9-66H2,1-8H3,(H,83,84)(H,85,86)/t70?,71?,72-,73-/m1/s1. The average molecular weight is 1410 g/mol. The average Bonchev–Trinajstić information content (AvgIpc) is 2.14. The Kier molecular flexibility index (Phi) is 65.0. The van der Waals surface area contributed by atoms with Crippen molar-refractivity contribution < 1.29 is 80.2 Å². The van der Waals surface area contributed by atoms with Gasteiger partial charge in [-0.1, -0.05) is 338 Å². The van der Waals surface area contributed by atoms with E-state index >= 15 is 0 Å². The molecule has 0 aromatic rings. The van der Waals surface area contributed by atoms with Crippen LogP contribution in [0, 0.1) is 23.7 Å². The summed E-state index contributed by atoms with van der Waals surface area (Å²) in [6.07, 6.45) is 51.6. The van der Waals surface area contributed by atoms with Crippen molar-refractivity contribution in [3.05, 3.63) is 0 Å². The molecule has 0 heterocycles. The minimum Gasteiger partial charge on any atom is -0.462 e. The number of carbonyl (C=O) groups excluding carboxylic acids is 4. The molecule has 0 amide bonds. The van der Waals surface area contributed by atoms with Crippen LogP contribution in [0.5, 0.6) is 0 Å². The molecule has 0 aliphatic carbocycles. The Morgan fingerprint density at radius 3 is 0.740 bits per heavy atom. The molecule has 0 saturated carbocycles. The molecule has 0 radical (unpaired) electrons. The molecule has 570 valence electrons. The number of ether oxygens (including phenoxy) is 4. The van der Waals surface area contributed by atoms with Crippen LogP contribution in [0.3, 0.4) is 0 Å². The molecular formula is C77H150O17P2. The van der Waals surface area contributed by atoms with Crippen LogP contribution in [0.25, 0.3) is 0 Å². The SMILES string of the molecule is CCC(C)CCCCCCCCCCCCCCCCC(=O)O[C@H](COC(=O)CCCCCCCCCC(C)C)COP(=O)(O)OCC(O)COP(=O)(O)OC[C@@H](COC(=O)CCCCCCCCC(C)C)OC(=O)CCCCCCCCCCCCCCCCCCC(C)C. The summed E-state index contributed by atoms with van der Waals surface area (Å²) in [6.45, 7) is 14.2. The van der Waals surface area contributed by atoms with Gasteiger partial charge in [0.25, 0.3) is 0 Å². The van der Waals surface area contributed by atoms with Gasteiger partial charge in [0.05, 0.1) is 26.4 Å². The zero-order chi connectivity index (χ0) is 71.0. The lowest BCUT2D eigenvalue weighted by Gasteiger charge is -2.21. The van der Waals surface area contributed by atoms with Gasteiger partial charge in [-0.3, -0.25) is 37.3 Å². The van der Waals surface area contributed by atoms with Crippen LogP contribution < -0.4 is 0 Å². The van der Waals surface area contributed by atoms with Crippen LogP contribution in [0.1, 0.15) is 389 Å². The van der Waals surface area contributed by atoms with Crippen LogP contribution >= 0.6 is 15.6 Å². The van der Waals surface area contributed by atoms with E-state index in [1.807, 2.05) is 0 Å². The van der Waals surface area contributed by atoms with Gasteiger partial charge >= 0.3 is 39.5 Å². The smallest absolute Gasteiger partial charge is 0.462 e. The third kappa shape index (κ3) is 69.2. The van der Waals surface area contributed by atoms with Gasteiger partial charge in [-0.2, -0.15) is 0 Å². The molecule has 19 heteroatoms. The molecule has 4 unspecified atom stereocenters. The van der Waals surface area contributed by atoms with Crippen molar-refractivity contribution in [1.29, 1.82) is 0 Å². The van der Waals surface area contributed by atoms with Crippen LogP contribution in [0.15, 0.2) is 0 Å². The van der Waals surface area contributed by atoms with Crippen molar-refractivity contribution in [1.82, 2.24) is 0 Å². The molecule has 96 heavy (non-hydrogen) atoms. The molecule has 0 bridgehead atoms. The molecule has 0 spiro atoms. The number of unbranched alkanes of at least 4 members (excludes halogenated alkanes) is 39. The number of aliphatic hydroxyl groups is 1. The van der Waals surface area contributed by atoms with E-state index in [0.29, 0.717) is 37.5 Å². The summed E-state index contributed by atoms with van der Waals surface area (Å²) >= 11 is 0. The van der Waals surface area contributed by atoms with Crippen molar-refractivity contribution >= 4 is 39.5 Å². The molecule has 6 atom stereocenters. The van der Waals surface area contributed by atoms with Crippen molar-refractivity contribution in [2.24, 2.45) is 23.7 Å². The number of carbonyl (C=O) groups is 4. The molecule has 0 aromatic carbocycles. The highest BCUT2D eigenvalue weighted by Gasteiger charge is 2.30. The topological polar surface area (TPSA) is 237 Å². The Morgan fingerprint density at radius 2 is 0.500 bits per heavy atom. The Morgan fingerprint density at radius 1 is 0.292 bits per heavy atom. The number of aliphatic hydroxyl groups excluding tert-OH is 1. The number of phosphoric ester groups is 2. The van der Waals surface area contributed by atoms with Gasteiger partial charge in [-0.25, -0.2) is 9.13 Å². The van der Waals surface area contributed by atoms with Gasteiger partial charge in [-0.15, -0.1) is 0 Å². The lowest BCUT2D eigenvalue weighted by molar-refractivity contribution is -0.161. The minimum atomic E-state index is -4.96. The first kappa shape index (κ1) is 94.1. The summed E-state index contributed by atoms with van der Waals surface area (Å²) < 4.78 is 68.5. The summed E-state index contributed by atoms with van der Waals surface area (Å²) in [6, 6.07) is 0.